The summed E-state index contributed by atoms with van der Waals surface area (Å²) in [5.41, 5.74) is 20.1. The average Bonchev–Trinajstić information content (AvgIpc) is 0.871. The minimum atomic E-state index is -0.549. The molecular weight excluding hydrogens is 1770 g/mol. The van der Waals surface area contributed by atoms with Crippen molar-refractivity contribution < 1.29 is 52.9 Å². The van der Waals surface area contributed by atoms with E-state index in [1.165, 1.54) is 9.80 Å². The van der Waals surface area contributed by atoms with Crippen molar-refractivity contribution in [3.63, 3.8) is 0 Å². The maximum atomic E-state index is 12.2. The molecule has 14 rings (SSSR count). The summed E-state index contributed by atoms with van der Waals surface area (Å²) >= 11 is 3.27. The van der Waals surface area contributed by atoms with Gasteiger partial charge in [0, 0.05) is 130 Å². The highest BCUT2D eigenvalue weighted by Crippen LogP contribution is 2.25. The van der Waals surface area contributed by atoms with E-state index >= 15 is 0 Å². The third-order valence-electron chi connectivity index (χ3n) is 18.5. The van der Waals surface area contributed by atoms with Gasteiger partial charge in [0.1, 0.15) is 11.5 Å². The highest BCUT2D eigenvalue weighted by atomic mass is 79.9. The van der Waals surface area contributed by atoms with E-state index in [-0.39, 0.29) is 55.4 Å². The van der Waals surface area contributed by atoms with Crippen molar-refractivity contribution in [1.29, 1.82) is 0 Å². The molecular formula is C106H116BrN17O11. The van der Waals surface area contributed by atoms with Crippen LogP contribution in [0.2, 0.25) is 0 Å². The molecule has 14 aromatic carbocycles. The zero-order valence-electron chi connectivity index (χ0n) is 77.0. The van der Waals surface area contributed by atoms with Gasteiger partial charge in [0.05, 0.1) is 27.4 Å². The van der Waals surface area contributed by atoms with E-state index in [1.807, 2.05) is 360 Å². The van der Waals surface area contributed by atoms with Gasteiger partial charge in [0.2, 0.25) is 0 Å². The van der Waals surface area contributed by atoms with Crippen LogP contribution in [0.25, 0.3) is 0 Å². The highest BCUT2D eigenvalue weighted by molar-refractivity contribution is 9.10. The number of carbonyl (C=O) groups is 8. The molecule has 0 aliphatic carbocycles. The molecule has 0 aliphatic rings. The number of nitrogens with two attached hydrogens (primary N) is 1. The van der Waals surface area contributed by atoms with Crippen molar-refractivity contribution in [2.45, 2.75) is 34.6 Å². The molecule has 0 unspecified atom stereocenters. The van der Waals surface area contributed by atoms with Gasteiger partial charge in [-0.3, -0.25) is 9.80 Å². The average molecular weight is 1880 g/mol. The summed E-state index contributed by atoms with van der Waals surface area (Å²) in [6.07, 6.45) is 0. The second kappa shape index (κ2) is 59.3. The van der Waals surface area contributed by atoms with Gasteiger partial charge in [-0.2, -0.15) is 0 Å². The van der Waals surface area contributed by atoms with Crippen LogP contribution in [0.4, 0.5) is 124 Å². The van der Waals surface area contributed by atoms with Crippen molar-refractivity contribution in [3.05, 3.63) is 403 Å². The number of anilines is 15. The fourth-order valence-corrected chi connectivity index (χ4v) is 12.0. The lowest BCUT2D eigenvalue weighted by atomic mass is 10.2. The summed E-state index contributed by atoms with van der Waals surface area (Å²) in [6, 6.07) is 116. The maximum absolute atomic E-state index is 12.2. The standard InChI is InChI=1S/C17H21N3O.3C15H16N2O2.C14H14N2O.C13H12N2O.C10H14N2O.C7H7BrN2O/c1-3-20(4-2)16-12-10-15(11-13-16)19-17(21)18-14-8-6-5-7-9-14;1-11-3-5-12(6-4-11)16-15(18)17-13-7-9-14(19-2)10-8-13;1-11-8-13(10-14(9-11)19-2)17-15(18)16-12-6-4-3-5-7-12;18-12-11-17(14-9-5-2-6-10-14)15(19)16-13-7-3-1-4-8-13;1-16(13-10-6-3-7-11-13)14(17)15-12-8-4-2-5-9-12;16-13(14-11-7-3-1-4-8-11)15-12-9-5-2-6-10-12;1-8-5-4-6-9(7-8)11-10(13)12(2)3;8-5-1-3-6(4-2-5)10-7(9)11/h5-13H,3-4H2,1-2H3,(H2,18,19,21);2*3-10H,1-2H3,(H2,16,17,18);1-10,18H,11-12H2,(H,16,19);2-11H,1H3,(H,15,17);1-10H,(H2,14,15,16);4-7H,1-3H3,(H,11,13);1-4H,(H3,9,10,11). The number of hydrogen-bond acceptors (Lipinski definition) is 12. The number of aliphatic hydroxyl groups is 1. The van der Waals surface area contributed by atoms with Gasteiger partial charge < -0.3 is 93.9 Å². The minimum Gasteiger partial charge on any atom is -0.497 e. The normalized spacial score (nSPS) is 9.72. The predicted molar refractivity (Wildman–Crippen MR) is 556 cm³/mol. The summed E-state index contributed by atoms with van der Waals surface area (Å²) in [4.78, 5) is 99.6. The fraction of sp³-hybridized carbons (Fsp3) is 0.132. The topological polar surface area (TPSA) is 359 Å². The van der Waals surface area contributed by atoms with Gasteiger partial charge in [-0.1, -0.05) is 191 Å². The van der Waals surface area contributed by atoms with Crippen molar-refractivity contribution in [1.82, 2.24) is 4.90 Å². The van der Waals surface area contributed by atoms with Crippen LogP contribution in [0.15, 0.2) is 387 Å². The molecule has 28 nitrogen and oxygen atoms in total. The molecule has 135 heavy (non-hydrogen) atoms. The van der Waals surface area contributed by atoms with Crippen LogP contribution in [0, 0.1) is 20.8 Å². The summed E-state index contributed by atoms with van der Waals surface area (Å²) in [7, 11) is 8.37. The predicted octanol–water partition coefficient (Wildman–Crippen LogP) is 24.9. The Kier molecular flexibility index (Phi) is 46.2. The van der Waals surface area contributed by atoms with Gasteiger partial charge >= 0.3 is 48.2 Å². The molecule has 0 radical (unpaired) electrons. The lowest BCUT2D eigenvalue weighted by Crippen LogP contribution is -2.37. The SMILES string of the molecule is CCN(CC)c1ccc(NC(=O)Nc2ccccc2)cc1.CN(C(=O)Nc1ccccc1)c1ccccc1.COc1cc(C)cc(NC(=O)Nc2ccccc2)c1.COc1ccc(NC(=O)Nc2ccc(C)cc2)cc1.Cc1cccc(NC(=O)N(C)C)c1.NC(=O)Nc1ccc(Br)cc1.O=C(Nc1ccccc1)N(CCO)c1ccccc1.O=C(Nc1ccccc1)Nc1ccccc1. The van der Waals surface area contributed by atoms with Crippen molar-refractivity contribution in [3.8, 4) is 11.5 Å². The molecule has 0 aliphatic heterocycles. The third kappa shape index (κ3) is 42.0. The molecule has 14 aromatic rings. The zero-order valence-corrected chi connectivity index (χ0v) is 78.6. The Balaban J connectivity index is 0.000000212. The molecule has 29 heteroatoms. The van der Waals surface area contributed by atoms with Crippen LogP contribution in [-0.4, -0.2) is 120 Å². The lowest BCUT2D eigenvalue weighted by Gasteiger charge is -2.22. The number of carbonyl (C=O) groups excluding carboxylic acids is 8. The number of halogens is 1. The van der Waals surface area contributed by atoms with E-state index in [0.717, 1.165) is 114 Å². The zero-order chi connectivity index (χ0) is 97.3. The number of urea groups is 8. The number of nitrogens with one attached hydrogen (secondary N) is 12. The first-order valence-corrected chi connectivity index (χ1v) is 43.6. The molecule has 0 heterocycles. The largest absolute Gasteiger partial charge is 0.497 e. The van der Waals surface area contributed by atoms with Crippen LogP contribution in [0.3, 0.4) is 0 Å². The smallest absolute Gasteiger partial charge is 0.326 e. The number of aryl methyl sites for hydroxylation is 3. The summed E-state index contributed by atoms with van der Waals surface area (Å²) < 4.78 is 11.2. The molecule has 16 amide bonds. The Labute approximate surface area is 797 Å². The Morgan fingerprint density at radius 1 is 0.296 bits per heavy atom. The summed E-state index contributed by atoms with van der Waals surface area (Å²) in [5, 5.41) is 42.1. The molecule has 0 fully saturated rings. The molecule has 0 spiro atoms. The van der Waals surface area contributed by atoms with Crippen LogP contribution in [0.5, 0.6) is 11.5 Å². The van der Waals surface area contributed by atoms with Crippen LogP contribution in [-0.2, 0) is 0 Å². The number of hydrogen-bond donors (Lipinski definition) is 14. The number of benzene rings is 14. The number of primary amides is 1. The van der Waals surface area contributed by atoms with E-state index in [2.05, 4.69) is 98.5 Å². The molecule has 698 valence electrons. The first-order chi connectivity index (χ1) is 65.3. The van der Waals surface area contributed by atoms with Gasteiger partial charge in [-0.05, 0) is 252 Å². The highest BCUT2D eigenvalue weighted by Gasteiger charge is 2.17. The van der Waals surface area contributed by atoms with E-state index in [4.69, 9.17) is 20.3 Å². The van der Waals surface area contributed by atoms with Crippen LogP contribution in [0.1, 0.15) is 30.5 Å². The lowest BCUT2D eigenvalue weighted by molar-refractivity contribution is 0.230. The first-order valence-electron chi connectivity index (χ1n) is 42.8. The van der Waals surface area contributed by atoms with E-state index in [0.29, 0.717) is 17.1 Å². The molecule has 0 atom stereocenters. The Hall–Kier alpha value is -16.9. The van der Waals surface area contributed by atoms with E-state index < -0.39 is 6.03 Å². The van der Waals surface area contributed by atoms with Gasteiger partial charge in [-0.15, -0.1) is 0 Å². The number of nitrogens with zero attached hydrogens (tertiary/aromatic N) is 4. The molecule has 0 aromatic heterocycles. The number of amides is 16. The van der Waals surface area contributed by atoms with Crippen molar-refractivity contribution >= 4 is 149 Å². The quantitative estimate of drug-likeness (QED) is 0.0319. The van der Waals surface area contributed by atoms with Gasteiger partial charge in [-0.25, -0.2) is 38.4 Å². The first kappa shape index (κ1) is 105. The fourth-order valence-electron chi connectivity index (χ4n) is 11.8. The number of rotatable bonds is 21. The monoisotopic (exact) mass is 1880 g/mol. The Bertz CT molecular complexity index is 5800. The van der Waals surface area contributed by atoms with Gasteiger partial charge in [0.15, 0.2) is 0 Å². The minimum absolute atomic E-state index is 0.0862. The van der Waals surface area contributed by atoms with Crippen LogP contribution < -0.4 is 93.7 Å². The molecule has 0 saturated heterocycles. The number of para-hydroxylation sites is 8. The van der Waals surface area contributed by atoms with E-state index in [1.54, 1.807) is 82.7 Å². The molecule has 15 N–H and O–H groups in total. The number of methoxy groups -OCH3 is 2. The second-order valence-electron chi connectivity index (χ2n) is 29.2. The summed E-state index contributed by atoms with van der Waals surface area (Å²) in [6.45, 7) is 12.3. The number of ether oxygens (including phenoxy) is 2. The van der Waals surface area contributed by atoms with E-state index in [9.17, 15) is 38.4 Å². The Morgan fingerprint density at radius 3 is 0.970 bits per heavy atom. The maximum Gasteiger partial charge on any atom is 0.326 e. The molecule has 0 saturated carbocycles. The second-order valence-corrected chi connectivity index (χ2v) is 30.1. The third-order valence-corrected chi connectivity index (χ3v) is 19.0. The van der Waals surface area contributed by atoms with Crippen molar-refractivity contribution in [2.75, 3.05) is 140 Å². The molecule has 0 bridgehead atoms. The number of aliphatic hydroxyl groups excluding tert-OH is 1. The van der Waals surface area contributed by atoms with Crippen LogP contribution >= 0.6 is 15.9 Å². The van der Waals surface area contributed by atoms with Gasteiger partial charge in [0.25, 0.3) is 0 Å². The Morgan fingerprint density at radius 2 is 0.607 bits per heavy atom. The summed E-state index contributed by atoms with van der Waals surface area (Å²) in [5.74, 6) is 1.47. The van der Waals surface area contributed by atoms with Crippen molar-refractivity contribution in [2.24, 2.45) is 5.73 Å².